The monoisotopic (exact) mass is 351 g/mol. The van der Waals surface area contributed by atoms with Crippen LogP contribution in [0.15, 0.2) is 24.3 Å². The topological polar surface area (TPSA) is 42.2 Å². The fraction of sp³-hybridized carbons (Fsp3) is 0.609. The molecule has 5 rings (SSSR count). The number of fused-ring (bicyclic) bond motifs is 3. The molecule has 0 spiro atoms. The average Bonchev–Trinajstić information content (AvgIpc) is 3.10. The first-order chi connectivity index (χ1) is 12.4. The number of nitrogens with zero attached hydrogens (tertiary/aromatic N) is 1. The first-order valence-electron chi connectivity index (χ1n) is 10.2. The predicted octanol–water partition coefficient (Wildman–Crippen LogP) is 4.61. The molecule has 2 aliphatic carbocycles. The van der Waals surface area contributed by atoms with E-state index in [-0.39, 0.29) is 16.7 Å². The van der Waals surface area contributed by atoms with Gasteiger partial charge in [0, 0.05) is 22.4 Å². The van der Waals surface area contributed by atoms with Crippen molar-refractivity contribution in [2.75, 3.05) is 0 Å². The summed E-state index contributed by atoms with van der Waals surface area (Å²) in [6, 6.07) is 8.58. The third-order valence-electron chi connectivity index (χ3n) is 8.67. The quantitative estimate of drug-likeness (QED) is 0.803. The summed E-state index contributed by atoms with van der Waals surface area (Å²) in [4.78, 5) is 11.7. The van der Waals surface area contributed by atoms with E-state index in [1.807, 2.05) is 0 Å². The van der Waals surface area contributed by atoms with Gasteiger partial charge in [0.25, 0.3) is 0 Å². The zero-order chi connectivity index (χ0) is 18.3. The standard InChI is InChI=1S/C23H29NO2/c1-14(13-25)18-9-8-15-12-17-16-6-4-5-7-19(16)24-20(26)10-11-22(18,2)23(15,3)21(17)24/h4-7,13-15,18,20,26H,8-12H2,1-3H3. The van der Waals surface area contributed by atoms with Gasteiger partial charge in [-0.1, -0.05) is 39.0 Å². The average molecular weight is 351 g/mol. The van der Waals surface area contributed by atoms with E-state index >= 15 is 0 Å². The zero-order valence-corrected chi connectivity index (χ0v) is 16.0. The summed E-state index contributed by atoms with van der Waals surface area (Å²) < 4.78 is 2.25. The van der Waals surface area contributed by atoms with Gasteiger partial charge in [0.2, 0.25) is 0 Å². The highest BCUT2D eigenvalue weighted by Gasteiger charge is 2.63. The molecule has 0 saturated heterocycles. The lowest BCUT2D eigenvalue weighted by molar-refractivity contribution is -0.118. The van der Waals surface area contributed by atoms with Crippen LogP contribution in [0.3, 0.4) is 0 Å². The van der Waals surface area contributed by atoms with Gasteiger partial charge in [0.15, 0.2) is 0 Å². The van der Waals surface area contributed by atoms with Gasteiger partial charge < -0.3 is 14.5 Å². The maximum Gasteiger partial charge on any atom is 0.131 e. The Bertz CT molecular complexity index is 899. The summed E-state index contributed by atoms with van der Waals surface area (Å²) in [7, 11) is 0. The Kier molecular flexibility index (Phi) is 3.32. The molecular formula is C23H29NO2. The van der Waals surface area contributed by atoms with E-state index in [0.29, 0.717) is 11.8 Å². The van der Waals surface area contributed by atoms with Gasteiger partial charge >= 0.3 is 0 Å². The van der Waals surface area contributed by atoms with Gasteiger partial charge in [-0.15, -0.1) is 0 Å². The summed E-state index contributed by atoms with van der Waals surface area (Å²) in [6.45, 7) is 6.96. The number of aliphatic hydroxyl groups excluding tert-OH is 1. The number of aliphatic hydroxyl groups is 1. The fourth-order valence-electron chi connectivity index (χ4n) is 7.21. The van der Waals surface area contributed by atoms with Crippen molar-refractivity contribution in [3.05, 3.63) is 35.5 Å². The molecule has 1 aromatic carbocycles. The number of para-hydroxylation sites is 1. The van der Waals surface area contributed by atoms with Crippen molar-refractivity contribution in [1.29, 1.82) is 0 Å². The third kappa shape index (κ3) is 1.71. The molecule has 138 valence electrons. The number of hydrogen-bond donors (Lipinski definition) is 1. The number of hydrogen-bond acceptors (Lipinski definition) is 2. The van der Waals surface area contributed by atoms with Crippen LogP contribution in [0, 0.1) is 23.2 Å². The van der Waals surface area contributed by atoms with Gasteiger partial charge in [0.1, 0.15) is 12.5 Å². The molecule has 1 fully saturated rings. The van der Waals surface area contributed by atoms with Crippen LogP contribution in [0.4, 0.5) is 0 Å². The first kappa shape index (κ1) is 16.6. The van der Waals surface area contributed by atoms with Crippen LogP contribution in [0.25, 0.3) is 10.9 Å². The van der Waals surface area contributed by atoms with Crippen molar-refractivity contribution in [2.45, 2.75) is 64.5 Å². The highest BCUT2D eigenvalue weighted by Crippen LogP contribution is 2.67. The van der Waals surface area contributed by atoms with E-state index in [9.17, 15) is 9.90 Å². The second kappa shape index (κ2) is 5.22. The molecular weight excluding hydrogens is 322 g/mol. The minimum absolute atomic E-state index is 0.0268. The highest BCUT2D eigenvalue weighted by molar-refractivity contribution is 5.87. The maximum absolute atomic E-state index is 11.7. The maximum atomic E-state index is 11.7. The SMILES string of the molecule is CC(C=O)C1CCC2Cc3c4n(c5ccccc35)C(O)CCC1(C)C42C. The summed E-state index contributed by atoms with van der Waals surface area (Å²) in [6.07, 6.45) is 5.89. The lowest BCUT2D eigenvalue weighted by atomic mass is 9.47. The lowest BCUT2D eigenvalue weighted by Gasteiger charge is -2.57. The molecule has 3 heteroatoms. The van der Waals surface area contributed by atoms with E-state index in [4.69, 9.17) is 0 Å². The van der Waals surface area contributed by atoms with Gasteiger partial charge in [-0.05, 0) is 61.0 Å². The first-order valence-corrected chi connectivity index (χ1v) is 10.2. The second-order valence-electron chi connectivity index (χ2n) is 9.43. The molecule has 1 aliphatic heterocycles. The van der Waals surface area contributed by atoms with E-state index < -0.39 is 6.23 Å². The van der Waals surface area contributed by atoms with E-state index in [2.05, 4.69) is 49.6 Å². The second-order valence-corrected chi connectivity index (χ2v) is 9.43. The molecule has 1 saturated carbocycles. The predicted molar refractivity (Wildman–Crippen MR) is 103 cm³/mol. The molecule has 3 nitrogen and oxygen atoms in total. The molecule has 3 aliphatic rings. The van der Waals surface area contributed by atoms with E-state index in [0.717, 1.165) is 32.0 Å². The van der Waals surface area contributed by atoms with Crippen LogP contribution in [-0.2, 0) is 16.6 Å². The van der Waals surface area contributed by atoms with E-state index in [1.54, 1.807) is 0 Å². The third-order valence-corrected chi connectivity index (χ3v) is 8.67. The summed E-state index contributed by atoms with van der Waals surface area (Å²) >= 11 is 0. The Morgan fingerprint density at radius 3 is 2.77 bits per heavy atom. The van der Waals surface area contributed by atoms with Gasteiger partial charge in [-0.25, -0.2) is 0 Å². The molecule has 6 atom stereocenters. The molecule has 0 radical (unpaired) electrons. The minimum atomic E-state index is -0.464. The molecule has 6 unspecified atom stereocenters. The van der Waals surface area contributed by atoms with Crippen molar-refractivity contribution in [3.8, 4) is 0 Å². The van der Waals surface area contributed by atoms with Crippen molar-refractivity contribution < 1.29 is 9.90 Å². The smallest absolute Gasteiger partial charge is 0.131 e. The van der Waals surface area contributed by atoms with Gasteiger partial charge in [-0.3, -0.25) is 0 Å². The Morgan fingerprint density at radius 2 is 2.00 bits per heavy atom. The van der Waals surface area contributed by atoms with Crippen molar-refractivity contribution >= 4 is 17.2 Å². The van der Waals surface area contributed by atoms with Gasteiger partial charge in [0.05, 0.1) is 5.52 Å². The summed E-state index contributed by atoms with van der Waals surface area (Å²) in [5, 5.41) is 12.4. The number of rotatable bonds is 2. The lowest BCUT2D eigenvalue weighted by Crippen LogP contribution is -2.54. The molecule has 2 aromatic rings. The number of aromatic nitrogens is 1. The minimum Gasteiger partial charge on any atom is -0.373 e. The Balaban J connectivity index is 1.83. The van der Waals surface area contributed by atoms with Crippen LogP contribution < -0.4 is 0 Å². The van der Waals surface area contributed by atoms with Crippen molar-refractivity contribution in [1.82, 2.24) is 4.57 Å². The van der Waals surface area contributed by atoms with E-state index in [1.165, 1.54) is 28.6 Å². The number of benzene rings is 1. The molecule has 0 bridgehead atoms. The highest BCUT2D eigenvalue weighted by atomic mass is 16.3. The largest absolute Gasteiger partial charge is 0.373 e. The van der Waals surface area contributed by atoms with Crippen LogP contribution in [0.2, 0.25) is 0 Å². The molecule has 26 heavy (non-hydrogen) atoms. The fourth-order valence-corrected chi connectivity index (χ4v) is 7.21. The zero-order valence-electron chi connectivity index (χ0n) is 16.0. The van der Waals surface area contributed by atoms with Crippen LogP contribution >= 0.6 is 0 Å². The van der Waals surface area contributed by atoms with Crippen LogP contribution in [0.5, 0.6) is 0 Å². The Morgan fingerprint density at radius 1 is 1.23 bits per heavy atom. The van der Waals surface area contributed by atoms with Crippen molar-refractivity contribution in [3.63, 3.8) is 0 Å². The van der Waals surface area contributed by atoms with Crippen LogP contribution in [0.1, 0.15) is 63.9 Å². The van der Waals surface area contributed by atoms with Gasteiger partial charge in [-0.2, -0.15) is 0 Å². The Hall–Kier alpha value is -1.61. The molecule has 1 N–H and O–H groups in total. The molecule has 1 aromatic heterocycles. The number of carbonyl (C=O) groups is 1. The van der Waals surface area contributed by atoms with Crippen molar-refractivity contribution in [2.24, 2.45) is 23.2 Å². The number of aldehydes is 1. The Labute approximate surface area is 155 Å². The number of carbonyl (C=O) groups excluding carboxylic acids is 1. The normalized spacial score (nSPS) is 39.5. The molecule has 2 heterocycles. The summed E-state index contributed by atoms with van der Waals surface area (Å²) in [5.41, 5.74) is 4.09. The van der Waals surface area contributed by atoms with Crippen LogP contribution in [-0.4, -0.2) is 16.0 Å². The molecule has 0 amide bonds. The summed E-state index contributed by atoms with van der Waals surface area (Å²) in [5.74, 6) is 1.09.